The van der Waals surface area contributed by atoms with Crippen LogP contribution in [0.1, 0.15) is 35.8 Å². The van der Waals surface area contributed by atoms with Gasteiger partial charge in [-0.05, 0) is 19.4 Å². The molecule has 0 aromatic carbocycles. The first-order valence-corrected chi connectivity index (χ1v) is 5.96. The first-order chi connectivity index (χ1) is 8.43. The van der Waals surface area contributed by atoms with E-state index >= 15 is 0 Å². The van der Waals surface area contributed by atoms with Crippen LogP contribution in [0.15, 0.2) is 12.3 Å². The summed E-state index contributed by atoms with van der Waals surface area (Å²) in [4.78, 5) is 26.5. The van der Waals surface area contributed by atoms with Crippen molar-refractivity contribution in [2.24, 2.45) is 0 Å². The Morgan fingerprint density at radius 2 is 2.22 bits per heavy atom. The predicted octanol–water partition coefficient (Wildman–Crippen LogP) is 2.03. The van der Waals surface area contributed by atoms with Gasteiger partial charge in [0.2, 0.25) is 0 Å². The van der Waals surface area contributed by atoms with Crippen LogP contribution in [0.5, 0.6) is 0 Å². The van der Waals surface area contributed by atoms with Gasteiger partial charge in [-0.2, -0.15) is 0 Å². The van der Waals surface area contributed by atoms with E-state index < -0.39 is 17.9 Å². The van der Waals surface area contributed by atoms with Crippen LogP contribution in [0.25, 0.3) is 0 Å². The molecule has 0 aliphatic carbocycles. The lowest BCUT2D eigenvalue weighted by atomic mass is 10.1. The van der Waals surface area contributed by atoms with Gasteiger partial charge in [0.25, 0.3) is 5.91 Å². The second-order valence-electron chi connectivity index (χ2n) is 3.98. The average molecular weight is 271 g/mol. The van der Waals surface area contributed by atoms with Gasteiger partial charge in [0.05, 0.1) is 17.0 Å². The van der Waals surface area contributed by atoms with Crippen LogP contribution < -0.4 is 5.32 Å². The predicted molar refractivity (Wildman–Crippen MR) is 67.8 cm³/mol. The Morgan fingerprint density at radius 1 is 1.56 bits per heavy atom. The van der Waals surface area contributed by atoms with Gasteiger partial charge in [0.15, 0.2) is 0 Å². The van der Waals surface area contributed by atoms with Crippen molar-refractivity contribution in [2.75, 3.05) is 0 Å². The molecule has 1 amide bonds. The zero-order valence-electron chi connectivity index (χ0n) is 10.2. The van der Waals surface area contributed by atoms with Crippen LogP contribution in [-0.2, 0) is 4.79 Å². The molecule has 1 aromatic rings. The first-order valence-electron chi connectivity index (χ1n) is 5.58. The van der Waals surface area contributed by atoms with Crippen LogP contribution in [-0.4, -0.2) is 28.0 Å². The molecule has 1 rings (SSSR count). The number of hydrogen-bond acceptors (Lipinski definition) is 3. The van der Waals surface area contributed by atoms with Gasteiger partial charge < -0.3 is 10.4 Å². The summed E-state index contributed by atoms with van der Waals surface area (Å²) in [5, 5.41) is 11.6. The van der Waals surface area contributed by atoms with E-state index in [0.717, 1.165) is 0 Å². The molecule has 1 aromatic heterocycles. The van der Waals surface area contributed by atoms with E-state index in [-0.39, 0.29) is 12.0 Å². The number of carboxylic acid groups (broad SMARTS) is 1. The lowest BCUT2D eigenvalue weighted by Crippen LogP contribution is -2.36. The smallest absolute Gasteiger partial charge is 0.305 e. The monoisotopic (exact) mass is 270 g/mol. The summed E-state index contributed by atoms with van der Waals surface area (Å²) in [7, 11) is 0. The van der Waals surface area contributed by atoms with Crippen molar-refractivity contribution in [1.29, 1.82) is 0 Å². The zero-order chi connectivity index (χ0) is 13.7. The Labute approximate surface area is 110 Å². The lowest BCUT2D eigenvalue weighted by molar-refractivity contribution is -0.137. The normalized spacial score (nSPS) is 11.9. The minimum Gasteiger partial charge on any atom is -0.481 e. The van der Waals surface area contributed by atoms with Gasteiger partial charge in [-0.25, -0.2) is 0 Å². The molecule has 1 heterocycles. The highest BCUT2D eigenvalue weighted by Gasteiger charge is 2.17. The Hall–Kier alpha value is -1.62. The maximum atomic E-state index is 11.9. The number of nitrogens with one attached hydrogen (secondary N) is 1. The number of aromatic nitrogens is 1. The number of pyridine rings is 1. The number of carboxylic acids is 1. The van der Waals surface area contributed by atoms with Gasteiger partial charge in [-0.1, -0.05) is 18.5 Å². The van der Waals surface area contributed by atoms with Crippen LogP contribution in [0, 0.1) is 6.92 Å². The van der Waals surface area contributed by atoms with Gasteiger partial charge >= 0.3 is 5.97 Å². The van der Waals surface area contributed by atoms with E-state index in [2.05, 4.69) is 10.3 Å². The number of aliphatic carboxylic acids is 1. The number of rotatable bonds is 5. The standard InChI is InChI=1S/C12H15ClN2O3/c1-3-8(5-11(16)17)15-12(18)9-6-14-7(2)4-10(9)13/h4,6,8H,3,5H2,1-2H3,(H,15,18)(H,16,17). The third-order valence-corrected chi connectivity index (χ3v) is 2.80. The van der Waals surface area contributed by atoms with Crippen molar-refractivity contribution in [3.8, 4) is 0 Å². The second-order valence-corrected chi connectivity index (χ2v) is 4.39. The Bertz CT molecular complexity index is 463. The zero-order valence-corrected chi connectivity index (χ0v) is 11.0. The molecule has 0 aliphatic rings. The Balaban J connectivity index is 2.77. The fourth-order valence-corrected chi connectivity index (χ4v) is 1.76. The van der Waals surface area contributed by atoms with E-state index in [1.807, 2.05) is 6.92 Å². The summed E-state index contributed by atoms with van der Waals surface area (Å²) in [6, 6.07) is 1.18. The molecule has 5 nitrogen and oxygen atoms in total. The minimum atomic E-state index is -0.949. The maximum Gasteiger partial charge on any atom is 0.305 e. The average Bonchev–Trinajstić information content (AvgIpc) is 2.27. The third-order valence-electron chi connectivity index (χ3n) is 2.48. The molecular weight excluding hydrogens is 256 g/mol. The summed E-state index contributed by atoms with van der Waals surface area (Å²) in [6.07, 6.45) is 1.81. The molecule has 0 aliphatic heterocycles. The topological polar surface area (TPSA) is 79.3 Å². The number of amides is 1. The molecule has 1 atom stereocenters. The molecule has 0 bridgehead atoms. The van der Waals surface area contributed by atoms with E-state index in [0.29, 0.717) is 17.1 Å². The number of hydrogen-bond donors (Lipinski definition) is 2. The summed E-state index contributed by atoms with van der Waals surface area (Å²) in [5.41, 5.74) is 0.972. The highest BCUT2D eigenvalue weighted by molar-refractivity contribution is 6.33. The third kappa shape index (κ3) is 4.00. The fraction of sp³-hybridized carbons (Fsp3) is 0.417. The molecule has 0 radical (unpaired) electrons. The molecule has 2 N–H and O–H groups in total. The van der Waals surface area contributed by atoms with E-state index in [1.54, 1.807) is 13.0 Å². The van der Waals surface area contributed by atoms with E-state index in [4.69, 9.17) is 16.7 Å². The van der Waals surface area contributed by atoms with Gasteiger partial charge in [-0.3, -0.25) is 14.6 Å². The van der Waals surface area contributed by atoms with Crippen molar-refractivity contribution in [3.05, 3.63) is 28.5 Å². The van der Waals surface area contributed by atoms with Crippen molar-refractivity contribution in [1.82, 2.24) is 10.3 Å². The molecule has 18 heavy (non-hydrogen) atoms. The van der Waals surface area contributed by atoms with E-state index in [1.165, 1.54) is 6.20 Å². The van der Waals surface area contributed by atoms with Crippen LogP contribution >= 0.6 is 11.6 Å². The Morgan fingerprint density at radius 3 is 2.72 bits per heavy atom. The number of nitrogens with zero attached hydrogens (tertiary/aromatic N) is 1. The number of carbonyl (C=O) groups is 2. The number of halogens is 1. The lowest BCUT2D eigenvalue weighted by Gasteiger charge is -2.15. The van der Waals surface area contributed by atoms with Crippen molar-refractivity contribution >= 4 is 23.5 Å². The van der Waals surface area contributed by atoms with Gasteiger partial charge in [0, 0.05) is 17.9 Å². The van der Waals surface area contributed by atoms with Crippen LogP contribution in [0.4, 0.5) is 0 Å². The summed E-state index contributed by atoms with van der Waals surface area (Å²) in [5.74, 6) is -1.35. The molecule has 0 saturated carbocycles. The summed E-state index contributed by atoms with van der Waals surface area (Å²) >= 11 is 5.94. The summed E-state index contributed by atoms with van der Waals surface area (Å²) < 4.78 is 0. The van der Waals surface area contributed by atoms with Gasteiger partial charge in [-0.15, -0.1) is 0 Å². The summed E-state index contributed by atoms with van der Waals surface area (Å²) in [6.45, 7) is 3.58. The number of aryl methyl sites for hydroxylation is 1. The molecule has 6 heteroatoms. The van der Waals surface area contributed by atoms with Crippen molar-refractivity contribution in [2.45, 2.75) is 32.7 Å². The minimum absolute atomic E-state index is 0.112. The molecule has 1 unspecified atom stereocenters. The SMILES string of the molecule is CCC(CC(=O)O)NC(=O)c1cnc(C)cc1Cl. The van der Waals surface area contributed by atoms with Crippen LogP contribution in [0.2, 0.25) is 5.02 Å². The molecule has 0 spiro atoms. The Kier molecular flexibility index (Phi) is 5.09. The quantitative estimate of drug-likeness (QED) is 0.858. The molecule has 0 saturated heterocycles. The highest BCUT2D eigenvalue weighted by Crippen LogP contribution is 2.16. The van der Waals surface area contributed by atoms with E-state index in [9.17, 15) is 9.59 Å². The first kappa shape index (κ1) is 14.4. The number of carbonyl (C=O) groups excluding carboxylic acids is 1. The largest absolute Gasteiger partial charge is 0.481 e. The van der Waals surface area contributed by atoms with Gasteiger partial charge in [0.1, 0.15) is 0 Å². The molecule has 0 fully saturated rings. The molecule has 98 valence electrons. The fourth-order valence-electron chi connectivity index (χ4n) is 1.46. The second kappa shape index (κ2) is 6.35. The van der Waals surface area contributed by atoms with Crippen LogP contribution in [0.3, 0.4) is 0 Å². The molecular formula is C12H15ClN2O3. The van der Waals surface area contributed by atoms with Crippen molar-refractivity contribution < 1.29 is 14.7 Å². The van der Waals surface area contributed by atoms with Crippen molar-refractivity contribution in [3.63, 3.8) is 0 Å². The maximum absolute atomic E-state index is 11.9. The highest BCUT2D eigenvalue weighted by atomic mass is 35.5.